The molecule has 2 N–H and O–H groups in total. The minimum absolute atomic E-state index is 0.00412. The maximum absolute atomic E-state index is 12.6. The highest BCUT2D eigenvalue weighted by molar-refractivity contribution is 6.00. The Hall–Kier alpha value is -1.55. The third-order valence-electron chi connectivity index (χ3n) is 3.37. The maximum Gasteiger partial charge on any atom is 0.253 e. The van der Waals surface area contributed by atoms with Gasteiger partial charge in [-0.05, 0) is 45.5 Å². The van der Waals surface area contributed by atoms with Gasteiger partial charge in [-0.3, -0.25) is 4.79 Å². The number of hydrogen-bond donors (Lipinski definition) is 2. The predicted octanol–water partition coefficient (Wildman–Crippen LogP) is 2.74. The van der Waals surface area contributed by atoms with Crippen LogP contribution in [0.3, 0.4) is 0 Å². The van der Waals surface area contributed by atoms with Crippen molar-refractivity contribution < 1.29 is 4.79 Å². The van der Waals surface area contributed by atoms with Crippen molar-refractivity contribution in [2.45, 2.75) is 33.2 Å². The lowest BCUT2D eigenvalue weighted by atomic mass is 10.0. The quantitative estimate of drug-likeness (QED) is 0.812. The summed E-state index contributed by atoms with van der Waals surface area (Å²) < 4.78 is 0. The fourth-order valence-corrected chi connectivity index (χ4v) is 2.52. The minimum Gasteiger partial charge on any atom is -0.387 e. The summed E-state index contributed by atoms with van der Waals surface area (Å²) in [7, 11) is 5.91. The Balaban J connectivity index is 2.88. The molecule has 0 aliphatic heterocycles. The minimum atomic E-state index is -0.00412. The molecule has 0 bridgehead atoms. The van der Waals surface area contributed by atoms with Gasteiger partial charge in [-0.25, -0.2) is 0 Å². The molecular weight excluding hydrogens is 262 g/mol. The van der Waals surface area contributed by atoms with E-state index in [0.29, 0.717) is 11.5 Å². The van der Waals surface area contributed by atoms with Gasteiger partial charge >= 0.3 is 0 Å². The first kappa shape index (κ1) is 17.5. The second kappa shape index (κ2) is 8.03. The van der Waals surface area contributed by atoms with Gasteiger partial charge < -0.3 is 15.5 Å². The third-order valence-corrected chi connectivity index (χ3v) is 3.37. The maximum atomic E-state index is 12.6. The van der Waals surface area contributed by atoms with E-state index in [9.17, 15) is 4.79 Å². The fraction of sp³-hybridized carbons (Fsp3) is 0.588. The molecule has 0 saturated heterocycles. The van der Waals surface area contributed by atoms with E-state index < -0.39 is 0 Å². The van der Waals surface area contributed by atoms with Crippen LogP contribution >= 0.6 is 0 Å². The van der Waals surface area contributed by atoms with E-state index >= 15 is 0 Å². The summed E-state index contributed by atoms with van der Waals surface area (Å²) in [6.45, 7) is 7.22. The Morgan fingerprint density at radius 2 is 1.95 bits per heavy atom. The number of aryl methyl sites for hydroxylation is 1. The van der Waals surface area contributed by atoms with Crippen LogP contribution < -0.4 is 10.6 Å². The van der Waals surface area contributed by atoms with Gasteiger partial charge in [-0.1, -0.05) is 25.5 Å². The highest BCUT2D eigenvalue weighted by atomic mass is 16.1. The monoisotopic (exact) mass is 291 g/mol. The van der Waals surface area contributed by atoms with Crippen molar-refractivity contribution in [3.05, 3.63) is 29.3 Å². The molecule has 0 radical (unpaired) electrons. The summed E-state index contributed by atoms with van der Waals surface area (Å²) in [5, 5.41) is 6.26. The van der Waals surface area contributed by atoms with Crippen LogP contribution in [-0.2, 0) is 0 Å². The highest BCUT2D eigenvalue weighted by Crippen LogP contribution is 2.17. The average molecular weight is 291 g/mol. The molecule has 1 unspecified atom stereocenters. The van der Waals surface area contributed by atoms with Crippen LogP contribution in [0, 0.1) is 12.8 Å². The first-order valence-electron chi connectivity index (χ1n) is 7.57. The van der Waals surface area contributed by atoms with Crippen LogP contribution in [0.15, 0.2) is 18.2 Å². The molecule has 118 valence electrons. The molecule has 0 aromatic heterocycles. The molecule has 0 saturated carbocycles. The molecule has 0 aliphatic rings. The van der Waals surface area contributed by atoms with Gasteiger partial charge in [0.25, 0.3) is 5.91 Å². The van der Waals surface area contributed by atoms with E-state index in [2.05, 4.69) is 29.4 Å². The molecule has 4 nitrogen and oxygen atoms in total. The molecule has 21 heavy (non-hydrogen) atoms. The highest BCUT2D eigenvalue weighted by Gasteiger charge is 2.18. The number of amides is 1. The Kier molecular flexibility index (Phi) is 6.69. The topological polar surface area (TPSA) is 44.4 Å². The molecule has 0 aliphatic carbocycles. The largest absolute Gasteiger partial charge is 0.387 e. The first-order chi connectivity index (χ1) is 9.83. The van der Waals surface area contributed by atoms with Crippen LogP contribution in [0.2, 0.25) is 0 Å². The van der Waals surface area contributed by atoms with Crippen molar-refractivity contribution in [1.29, 1.82) is 0 Å². The van der Waals surface area contributed by atoms with E-state index in [0.717, 1.165) is 24.2 Å². The van der Waals surface area contributed by atoms with Gasteiger partial charge in [0.2, 0.25) is 0 Å². The number of nitrogens with zero attached hydrogens (tertiary/aromatic N) is 1. The Labute approximate surface area is 128 Å². The second-order valence-electron chi connectivity index (χ2n) is 6.36. The zero-order chi connectivity index (χ0) is 16.0. The number of likely N-dealkylation sites (N-methyl/N-ethyl adjacent to an activating group) is 1. The molecule has 1 aromatic rings. The number of anilines is 1. The number of carbonyl (C=O) groups excluding carboxylic acids is 1. The van der Waals surface area contributed by atoms with Crippen molar-refractivity contribution in [3.63, 3.8) is 0 Å². The van der Waals surface area contributed by atoms with Gasteiger partial charge in [0.15, 0.2) is 0 Å². The molecular formula is C17H29N3O. The second-order valence-corrected chi connectivity index (χ2v) is 6.36. The summed E-state index contributed by atoms with van der Waals surface area (Å²) in [5.41, 5.74) is 2.67. The van der Waals surface area contributed by atoms with Crippen molar-refractivity contribution >= 4 is 11.6 Å². The van der Waals surface area contributed by atoms with E-state index in [1.165, 1.54) is 0 Å². The molecule has 1 aromatic carbocycles. The summed E-state index contributed by atoms with van der Waals surface area (Å²) in [6, 6.07) is 6.06. The van der Waals surface area contributed by atoms with Crippen LogP contribution in [0.25, 0.3) is 0 Å². The number of carbonyl (C=O) groups is 1. The standard InChI is InChI=1S/C17H29N3O/c1-12(2)9-14(11-20(5)6)19-17(21)15-10-13(3)7-8-16(15)18-4/h7-8,10,12,14,18H,9,11H2,1-6H3,(H,19,21). The molecule has 0 fully saturated rings. The molecule has 0 spiro atoms. The van der Waals surface area contributed by atoms with Crippen LogP contribution in [0.4, 0.5) is 5.69 Å². The van der Waals surface area contributed by atoms with Crippen LogP contribution in [0.1, 0.15) is 36.2 Å². The summed E-state index contributed by atoms with van der Waals surface area (Å²) >= 11 is 0. The molecule has 1 atom stereocenters. The normalized spacial score (nSPS) is 12.6. The zero-order valence-electron chi connectivity index (χ0n) is 14.2. The fourth-order valence-electron chi connectivity index (χ4n) is 2.52. The van der Waals surface area contributed by atoms with Crippen molar-refractivity contribution in [2.75, 3.05) is 33.0 Å². The van der Waals surface area contributed by atoms with Gasteiger partial charge in [-0.2, -0.15) is 0 Å². The summed E-state index contributed by atoms with van der Waals surface area (Å²) in [6.07, 6.45) is 0.977. The van der Waals surface area contributed by atoms with Crippen molar-refractivity contribution in [3.8, 4) is 0 Å². The van der Waals surface area contributed by atoms with Gasteiger partial charge in [0.1, 0.15) is 0 Å². The lowest BCUT2D eigenvalue weighted by Gasteiger charge is -2.24. The third kappa shape index (κ3) is 5.76. The molecule has 4 heteroatoms. The van der Waals surface area contributed by atoms with Crippen molar-refractivity contribution in [1.82, 2.24) is 10.2 Å². The summed E-state index contributed by atoms with van der Waals surface area (Å²) in [4.78, 5) is 14.7. The van der Waals surface area contributed by atoms with E-state index in [1.54, 1.807) is 0 Å². The van der Waals surface area contributed by atoms with Gasteiger partial charge in [0, 0.05) is 25.3 Å². The average Bonchev–Trinajstić information content (AvgIpc) is 2.36. The lowest BCUT2D eigenvalue weighted by Crippen LogP contribution is -2.42. The van der Waals surface area contributed by atoms with Gasteiger partial charge in [0.05, 0.1) is 5.56 Å². The first-order valence-corrected chi connectivity index (χ1v) is 7.57. The molecule has 1 amide bonds. The number of rotatable bonds is 7. The number of nitrogens with one attached hydrogen (secondary N) is 2. The number of hydrogen-bond acceptors (Lipinski definition) is 3. The molecule has 1 rings (SSSR count). The Morgan fingerprint density at radius 3 is 2.48 bits per heavy atom. The lowest BCUT2D eigenvalue weighted by molar-refractivity contribution is 0.0925. The van der Waals surface area contributed by atoms with Crippen LogP contribution in [-0.4, -0.2) is 44.5 Å². The predicted molar refractivity (Wildman–Crippen MR) is 90.0 cm³/mol. The van der Waals surface area contributed by atoms with E-state index in [1.807, 2.05) is 46.3 Å². The van der Waals surface area contributed by atoms with E-state index in [-0.39, 0.29) is 11.9 Å². The van der Waals surface area contributed by atoms with E-state index in [4.69, 9.17) is 0 Å². The Morgan fingerprint density at radius 1 is 1.29 bits per heavy atom. The SMILES string of the molecule is CNc1ccc(C)cc1C(=O)NC(CC(C)C)CN(C)C. The smallest absolute Gasteiger partial charge is 0.253 e. The van der Waals surface area contributed by atoms with Crippen LogP contribution in [0.5, 0.6) is 0 Å². The summed E-state index contributed by atoms with van der Waals surface area (Å²) in [5.74, 6) is 0.548. The van der Waals surface area contributed by atoms with Gasteiger partial charge in [-0.15, -0.1) is 0 Å². The number of benzene rings is 1. The zero-order valence-corrected chi connectivity index (χ0v) is 14.2. The van der Waals surface area contributed by atoms with Crippen molar-refractivity contribution in [2.24, 2.45) is 5.92 Å². The Bertz CT molecular complexity index is 459. The molecule has 0 heterocycles.